The van der Waals surface area contributed by atoms with Gasteiger partial charge in [0.25, 0.3) is 0 Å². The molecule has 1 amide bonds. The number of carbonyl (C=O) groups is 1. The number of pyridine rings is 2. The van der Waals surface area contributed by atoms with Crippen LogP contribution in [0.15, 0.2) is 55.0 Å². The Morgan fingerprint density at radius 1 is 1.13 bits per heavy atom. The molecule has 4 heterocycles. The van der Waals surface area contributed by atoms with Crippen LogP contribution in [0.4, 0.5) is 0 Å². The maximum atomic E-state index is 12.9. The van der Waals surface area contributed by atoms with Crippen LogP contribution in [0, 0.1) is 0 Å². The van der Waals surface area contributed by atoms with Crippen LogP contribution in [0.3, 0.4) is 0 Å². The van der Waals surface area contributed by atoms with Crippen LogP contribution >= 0.6 is 0 Å². The molecule has 156 valence electrons. The van der Waals surface area contributed by atoms with Crippen LogP contribution in [-0.4, -0.2) is 44.2 Å². The third-order valence-corrected chi connectivity index (χ3v) is 5.72. The van der Waals surface area contributed by atoms with E-state index in [1.54, 1.807) is 11.8 Å². The number of ether oxygens (including phenoxy) is 1. The lowest BCUT2D eigenvalue weighted by atomic mass is 10.0. The quantitative estimate of drug-likeness (QED) is 0.514. The zero-order chi connectivity index (χ0) is 21.4. The molecule has 0 fully saturated rings. The van der Waals surface area contributed by atoms with Gasteiger partial charge in [-0.1, -0.05) is 12.1 Å². The van der Waals surface area contributed by atoms with Gasteiger partial charge in [-0.25, -0.2) is 9.97 Å². The summed E-state index contributed by atoms with van der Waals surface area (Å²) < 4.78 is 6.97. The molecule has 0 aliphatic carbocycles. The van der Waals surface area contributed by atoms with Crippen molar-refractivity contribution in [3.05, 3.63) is 71.8 Å². The van der Waals surface area contributed by atoms with E-state index in [1.165, 1.54) is 0 Å². The number of nitrogens with zero attached hydrogens (tertiary/aromatic N) is 5. The van der Waals surface area contributed by atoms with Gasteiger partial charge < -0.3 is 9.64 Å². The molecule has 0 N–H and O–H groups in total. The van der Waals surface area contributed by atoms with E-state index >= 15 is 0 Å². The largest absolute Gasteiger partial charge is 0.497 e. The van der Waals surface area contributed by atoms with E-state index in [-0.39, 0.29) is 5.91 Å². The fourth-order valence-corrected chi connectivity index (χ4v) is 3.99. The lowest BCUT2D eigenvalue weighted by molar-refractivity contribution is -0.131. The van der Waals surface area contributed by atoms with E-state index in [9.17, 15) is 4.79 Å². The lowest BCUT2D eigenvalue weighted by Gasteiger charge is -2.28. The number of fused-ring (bicyclic) bond motifs is 2. The molecule has 5 rings (SSSR count). The summed E-state index contributed by atoms with van der Waals surface area (Å²) in [7, 11) is 3.53. The Bertz CT molecular complexity index is 1260. The highest BCUT2D eigenvalue weighted by Gasteiger charge is 2.22. The third-order valence-electron chi connectivity index (χ3n) is 5.72. The van der Waals surface area contributed by atoms with Crippen molar-refractivity contribution in [1.82, 2.24) is 24.6 Å². The van der Waals surface area contributed by atoms with E-state index in [2.05, 4.69) is 22.2 Å². The zero-order valence-corrected chi connectivity index (χ0v) is 17.6. The highest BCUT2D eigenvalue weighted by Crippen LogP contribution is 2.26. The van der Waals surface area contributed by atoms with Crippen LogP contribution in [0.5, 0.6) is 5.75 Å². The molecule has 7 nitrogen and oxygen atoms in total. The molecule has 4 aromatic rings. The lowest BCUT2D eigenvalue weighted by Crippen LogP contribution is -2.37. The van der Waals surface area contributed by atoms with E-state index in [0.29, 0.717) is 19.5 Å². The van der Waals surface area contributed by atoms with Gasteiger partial charge in [0, 0.05) is 61.2 Å². The summed E-state index contributed by atoms with van der Waals surface area (Å²) in [5.41, 5.74) is 5.87. The van der Waals surface area contributed by atoms with Crippen molar-refractivity contribution in [2.45, 2.75) is 19.4 Å². The molecule has 0 radical (unpaired) electrons. The second kappa shape index (κ2) is 7.83. The average Bonchev–Trinajstić information content (AvgIpc) is 3.23. The Kier molecular flexibility index (Phi) is 4.86. The molecule has 0 bridgehead atoms. The average molecular weight is 413 g/mol. The fraction of sp³-hybridized carbons (Fsp3) is 0.250. The minimum atomic E-state index is 0.123. The molecule has 31 heavy (non-hydrogen) atoms. The number of benzene rings is 1. The van der Waals surface area contributed by atoms with Gasteiger partial charge in [0.05, 0.1) is 19.7 Å². The molecule has 0 saturated heterocycles. The van der Waals surface area contributed by atoms with Crippen molar-refractivity contribution in [2.24, 2.45) is 7.05 Å². The van der Waals surface area contributed by atoms with Gasteiger partial charge in [-0.05, 0) is 35.4 Å². The SMILES string of the molecule is COc1ccc(CC(=O)N2CCc3nc4ncc(-c5cnn(C)c5)cc4cc3C2)cc1. The summed E-state index contributed by atoms with van der Waals surface area (Å²) in [5.74, 6) is 0.915. The minimum absolute atomic E-state index is 0.123. The van der Waals surface area contributed by atoms with E-state index < -0.39 is 0 Å². The number of hydrogen-bond acceptors (Lipinski definition) is 5. The van der Waals surface area contributed by atoms with Crippen molar-refractivity contribution < 1.29 is 9.53 Å². The molecule has 0 saturated carbocycles. The normalized spacial score (nSPS) is 13.3. The second-order valence-electron chi connectivity index (χ2n) is 7.86. The molecule has 0 spiro atoms. The van der Waals surface area contributed by atoms with Gasteiger partial charge in [-0.15, -0.1) is 0 Å². The third kappa shape index (κ3) is 3.86. The molecular formula is C24H23N5O2. The number of methoxy groups -OCH3 is 1. The molecular weight excluding hydrogens is 390 g/mol. The van der Waals surface area contributed by atoms with Gasteiger partial charge >= 0.3 is 0 Å². The Morgan fingerprint density at radius 3 is 2.71 bits per heavy atom. The molecule has 1 aromatic carbocycles. The van der Waals surface area contributed by atoms with Crippen LogP contribution in [0.1, 0.15) is 16.8 Å². The molecule has 0 atom stereocenters. The summed E-state index contributed by atoms with van der Waals surface area (Å²) in [6.45, 7) is 1.25. The first-order valence-electron chi connectivity index (χ1n) is 10.3. The highest BCUT2D eigenvalue weighted by molar-refractivity contribution is 5.82. The van der Waals surface area contributed by atoms with Gasteiger partial charge in [-0.3, -0.25) is 9.48 Å². The smallest absolute Gasteiger partial charge is 0.227 e. The summed E-state index contributed by atoms with van der Waals surface area (Å²) >= 11 is 0. The fourth-order valence-electron chi connectivity index (χ4n) is 3.99. The van der Waals surface area contributed by atoms with Gasteiger partial charge in [0.15, 0.2) is 5.65 Å². The first-order chi connectivity index (χ1) is 15.1. The van der Waals surface area contributed by atoms with Crippen molar-refractivity contribution in [3.8, 4) is 16.9 Å². The number of aryl methyl sites for hydroxylation is 1. The maximum Gasteiger partial charge on any atom is 0.227 e. The van der Waals surface area contributed by atoms with Crippen molar-refractivity contribution >= 4 is 16.9 Å². The number of carbonyl (C=O) groups excluding carboxylic acids is 1. The Labute approximate surface area is 180 Å². The first kappa shape index (κ1) is 19.2. The standard InChI is InChI=1S/C24H23N5O2/c1-28-14-20(13-26-28)18-10-17-11-19-15-29(8-7-22(19)27-24(17)25-12-18)23(30)9-16-3-5-21(31-2)6-4-16/h3-6,10-14H,7-9,15H2,1-2H3. The van der Waals surface area contributed by atoms with Gasteiger partial charge in [0.2, 0.25) is 5.91 Å². The molecule has 1 aliphatic heterocycles. The molecule has 1 aliphatic rings. The Balaban J connectivity index is 1.37. The minimum Gasteiger partial charge on any atom is -0.497 e. The molecule has 3 aromatic heterocycles. The summed E-state index contributed by atoms with van der Waals surface area (Å²) in [5, 5.41) is 5.22. The van der Waals surface area contributed by atoms with E-state index in [4.69, 9.17) is 9.72 Å². The maximum absolute atomic E-state index is 12.9. The summed E-state index contributed by atoms with van der Waals surface area (Å²) in [4.78, 5) is 24.1. The second-order valence-corrected chi connectivity index (χ2v) is 7.86. The highest BCUT2D eigenvalue weighted by atomic mass is 16.5. The molecule has 0 unspecified atom stereocenters. The first-order valence-corrected chi connectivity index (χ1v) is 10.3. The van der Waals surface area contributed by atoms with Crippen LogP contribution in [-0.2, 0) is 31.2 Å². The topological polar surface area (TPSA) is 73.1 Å². The van der Waals surface area contributed by atoms with Crippen molar-refractivity contribution in [1.29, 1.82) is 0 Å². The van der Waals surface area contributed by atoms with Crippen LogP contribution < -0.4 is 4.74 Å². The van der Waals surface area contributed by atoms with Crippen molar-refractivity contribution in [3.63, 3.8) is 0 Å². The van der Waals surface area contributed by atoms with E-state index in [0.717, 1.165) is 51.2 Å². The van der Waals surface area contributed by atoms with Gasteiger partial charge in [0.1, 0.15) is 5.75 Å². The zero-order valence-electron chi connectivity index (χ0n) is 17.6. The monoisotopic (exact) mass is 413 g/mol. The number of amides is 1. The molecule has 7 heteroatoms. The van der Waals surface area contributed by atoms with E-state index in [1.807, 2.05) is 54.8 Å². The summed E-state index contributed by atoms with van der Waals surface area (Å²) in [6, 6.07) is 11.9. The number of hydrogen-bond donors (Lipinski definition) is 0. The summed E-state index contributed by atoms with van der Waals surface area (Å²) in [6.07, 6.45) is 6.76. The number of rotatable bonds is 4. The van der Waals surface area contributed by atoms with Crippen molar-refractivity contribution in [2.75, 3.05) is 13.7 Å². The Morgan fingerprint density at radius 2 is 1.97 bits per heavy atom. The predicted octanol–water partition coefficient (Wildman–Crippen LogP) is 3.17. The predicted molar refractivity (Wildman–Crippen MR) is 118 cm³/mol. The van der Waals surface area contributed by atoms with Crippen LogP contribution in [0.25, 0.3) is 22.2 Å². The Hall–Kier alpha value is -3.74. The van der Waals surface area contributed by atoms with Gasteiger partial charge in [-0.2, -0.15) is 5.10 Å². The van der Waals surface area contributed by atoms with Crippen LogP contribution in [0.2, 0.25) is 0 Å². The number of aromatic nitrogens is 4.